The number of aryl methyl sites for hydroxylation is 1. The summed E-state index contributed by atoms with van der Waals surface area (Å²) in [7, 11) is 0. The second-order valence-corrected chi connectivity index (χ2v) is 9.14. The number of fused-ring (bicyclic) bond motifs is 2. The molecule has 1 aromatic heterocycles. The van der Waals surface area contributed by atoms with Crippen LogP contribution in [0.15, 0.2) is 21.9 Å². The lowest BCUT2D eigenvalue weighted by Crippen LogP contribution is -2.42. The first kappa shape index (κ1) is 23.0. The van der Waals surface area contributed by atoms with Crippen LogP contribution in [0, 0.1) is 6.92 Å². The van der Waals surface area contributed by atoms with E-state index in [2.05, 4.69) is 44.7 Å². The number of H-pyrrole nitrogens is 1. The Bertz CT molecular complexity index is 1180. The van der Waals surface area contributed by atoms with E-state index in [-0.39, 0.29) is 12.0 Å². The van der Waals surface area contributed by atoms with E-state index in [4.69, 9.17) is 5.11 Å². The molecule has 4 rings (SSSR count). The summed E-state index contributed by atoms with van der Waals surface area (Å²) in [5, 5.41) is 12.9. The fourth-order valence-corrected chi connectivity index (χ4v) is 4.76. The monoisotopic (exact) mass is 451 g/mol. The number of rotatable bonds is 9. The zero-order chi connectivity index (χ0) is 23.4. The smallest absolute Gasteiger partial charge is 0.303 e. The van der Waals surface area contributed by atoms with Crippen LogP contribution in [0.2, 0.25) is 0 Å². The predicted molar refractivity (Wildman–Crippen MR) is 130 cm³/mol. The summed E-state index contributed by atoms with van der Waals surface area (Å²) < 4.78 is 0. The Kier molecular flexibility index (Phi) is 7.11. The predicted octanol–water partition coefficient (Wildman–Crippen LogP) is 3.67. The van der Waals surface area contributed by atoms with E-state index in [9.17, 15) is 9.59 Å². The molecule has 0 amide bonds. The topological polar surface area (TPSA) is 111 Å². The molecule has 0 saturated heterocycles. The molecule has 0 bridgehead atoms. The van der Waals surface area contributed by atoms with Gasteiger partial charge in [0.2, 0.25) is 0 Å². The van der Waals surface area contributed by atoms with Crippen LogP contribution in [0.3, 0.4) is 0 Å². The summed E-state index contributed by atoms with van der Waals surface area (Å²) in [6.07, 6.45) is 9.70. The molecule has 176 valence electrons. The Morgan fingerprint density at radius 1 is 1.21 bits per heavy atom. The largest absolute Gasteiger partial charge is 0.481 e. The highest BCUT2D eigenvalue weighted by Crippen LogP contribution is 2.39. The minimum atomic E-state index is -0.754. The maximum Gasteiger partial charge on any atom is 0.303 e. The molecule has 8 heteroatoms. The molecular weight excluding hydrogens is 418 g/mol. The molecular formula is C25H33N5O3. The molecule has 1 saturated carbocycles. The van der Waals surface area contributed by atoms with Gasteiger partial charge < -0.3 is 20.3 Å². The molecule has 2 aliphatic rings. The van der Waals surface area contributed by atoms with Crippen molar-refractivity contribution in [2.24, 2.45) is 4.99 Å². The van der Waals surface area contributed by atoms with Gasteiger partial charge in [-0.3, -0.25) is 9.59 Å². The summed E-state index contributed by atoms with van der Waals surface area (Å²) in [6.45, 7) is 6.57. The number of unbranched alkanes of at least 4 members (excludes halogenated alkanes) is 3. The van der Waals surface area contributed by atoms with Gasteiger partial charge in [-0.2, -0.15) is 0 Å². The first-order valence-corrected chi connectivity index (χ1v) is 12.0. The van der Waals surface area contributed by atoms with Crippen LogP contribution in [-0.2, 0) is 4.79 Å². The molecule has 1 aliphatic carbocycles. The average molecular weight is 452 g/mol. The third-order valence-electron chi connectivity index (χ3n) is 6.51. The SMILES string of the molecule is C=c1nc2c(c(=O)[nH]1)=Nc1cc(C)c(NC3CCCCC3)cc1N2CCCCCCC(=O)O. The first-order valence-electron chi connectivity index (χ1n) is 12.0. The van der Waals surface area contributed by atoms with Gasteiger partial charge >= 0.3 is 5.97 Å². The molecule has 1 fully saturated rings. The molecule has 0 unspecified atom stereocenters. The Morgan fingerprint density at radius 3 is 2.73 bits per heavy atom. The Hall–Kier alpha value is -3.16. The Morgan fingerprint density at radius 2 is 1.97 bits per heavy atom. The number of aromatic nitrogens is 2. The highest BCUT2D eigenvalue weighted by molar-refractivity contribution is 5.80. The van der Waals surface area contributed by atoms with E-state index in [0.29, 0.717) is 35.7 Å². The third kappa shape index (κ3) is 5.43. The molecule has 1 aromatic carbocycles. The summed E-state index contributed by atoms with van der Waals surface area (Å²) in [4.78, 5) is 37.3. The van der Waals surface area contributed by atoms with Gasteiger partial charge in [0.25, 0.3) is 5.56 Å². The van der Waals surface area contributed by atoms with Crippen LogP contribution in [0.5, 0.6) is 0 Å². The fourth-order valence-electron chi connectivity index (χ4n) is 4.76. The van der Waals surface area contributed by atoms with Gasteiger partial charge in [-0.05, 0) is 50.3 Å². The molecule has 1 aliphatic heterocycles. The van der Waals surface area contributed by atoms with Gasteiger partial charge in [0, 0.05) is 24.7 Å². The van der Waals surface area contributed by atoms with Crippen molar-refractivity contribution in [3.8, 4) is 0 Å². The number of carboxylic acid groups (broad SMARTS) is 1. The maximum absolute atomic E-state index is 12.6. The zero-order valence-electron chi connectivity index (χ0n) is 19.3. The number of nitrogens with one attached hydrogen (secondary N) is 2. The van der Waals surface area contributed by atoms with Gasteiger partial charge in [0.05, 0.1) is 11.4 Å². The van der Waals surface area contributed by atoms with Crippen molar-refractivity contribution < 1.29 is 9.90 Å². The number of benzene rings is 1. The standard InChI is InChI=1S/C25H33N5O3/c1-16-14-20-21(15-19(16)28-18-10-6-5-7-11-18)30(13-9-4-3-8-12-22(31)32)24-23(29-20)25(33)27-17(2)26-24/h14-15,18,28H,2-13H2,1H3,(H,27,33)(H,31,32). The van der Waals surface area contributed by atoms with E-state index >= 15 is 0 Å². The number of hydrogen-bond donors (Lipinski definition) is 3. The lowest BCUT2D eigenvalue weighted by Gasteiger charge is -2.30. The minimum absolute atomic E-state index is 0.200. The van der Waals surface area contributed by atoms with Crippen LogP contribution in [0.1, 0.15) is 69.8 Å². The number of carboxylic acids is 1. The molecule has 2 heterocycles. The van der Waals surface area contributed by atoms with Gasteiger partial charge in [0.1, 0.15) is 5.48 Å². The second-order valence-electron chi connectivity index (χ2n) is 9.14. The second kappa shape index (κ2) is 10.2. The highest BCUT2D eigenvalue weighted by Gasteiger charge is 2.24. The average Bonchev–Trinajstić information content (AvgIpc) is 2.77. The number of hydrogen-bond acceptors (Lipinski definition) is 6. The minimum Gasteiger partial charge on any atom is -0.481 e. The number of nitrogens with zero attached hydrogens (tertiary/aromatic N) is 3. The fraction of sp³-hybridized carbons (Fsp3) is 0.520. The van der Waals surface area contributed by atoms with Crippen molar-refractivity contribution in [2.75, 3.05) is 16.8 Å². The number of aliphatic carboxylic acids is 1. The van der Waals surface area contributed by atoms with E-state index in [0.717, 1.165) is 41.9 Å². The van der Waals surface area contributed by atoms with Crippen molar-refractivity contribution in [1.82, 2.24) is 9.97 Å². The first-order chi connectivity index (χ1) is 15.9. The molecule has 8 nitrogen and oxygen atoms in total. The van der Waals surface area contributed by atoms with Crippen molar-refractivity contribution in [3.63, 3.8) is 0 Å². The van der Waals surface area contributed by atoms with Crippen LogP contribution >= 0.6 is 0 Å². The van der Waals surface area contributed by atoms with E-state index in [1.165, 1.54) is 32.1 Å². The van der Waals surface area contributed by atoms with Gasteiger partial charge in [0.15, 0.2) is 11.2 Å². The highest BCUT2D eigenvalue weighted by atomic mass is 16.4. The van der Waals surface area contributed by atoms with Crippen LogP contribution in [0.4, 0.5) is 22.9 Å². The van der Waals surface area contributed by atoms with Crippen LogP contribution < -0.4 is 26.6 Å². The summed E-state index contributed by atoms with van der Waals surface area (Å²) in [6, 6.07) is 4.67. The molecule has 33 heavy (non-hydrogen) atoms. The van der Waals surface area contributed by atoms with Gasteiger partial charge in [-0.1, -0.05) is 38.7 Å². The number of aromatic amines is 1. The summed E-state index contributed by atoms with van der Waals surface area (Å²) in [5.41, 5.74) is 3.95. The summed E-state index contributed by atoms with van der Waals surface area (Å²) in [5.74, 6) is -0.218. The van der Waals surface area contributed by atoms with Crippen LogP contribution in [-0.4, -0.2) is 33.6 Å². The number of anilines is 3. The van der Waals surface area contributed by atoms with E-state index in [1.807, 2.05) is 6.07 Å². The van der Waals surface area contributed by atoms with Crippen molar-refractivity contribution in [2.45, 2.75) is 77.2 Å². The molecule has 2 aromatic rings. The maximum atomic E-state index is 12.6. The van der Waals surface area contributed by atoms with Crippen molar-refractivity contribution in [3.05, 3.63) is 38.9 Å². The lowest BCUT2D eigenvalue weighted by atomic mass is 9.95. The molecule has 0 spiro atoms. The Labute approximate surface area is 193 Å². The van der Waals surface area contributed by atoms with Gasteiger partial charge in [-0.15, -0.1) is 0 Å². The van der Waals surface area contributed by atoms with E-state index < -0.39 is 5.97 Å². The zero-order valence-corrected chi connectivity index (χ0v) is 19.3. The van der Waals surface area contributed by atoms with Gasteiger partial charge in [-0.25, -0.2) is 9.98 Å². The normalized spacial score (nSPS) is 15.5. The summed E-state index contributed by atoms with van der Waals surface area (Å²) >= 11 is 0. The van der Waals surface area contributed by atoms with Crippen molar-refractivity contribution in [1.29, 1.82) is 0 Å². The van der Waals surface area contributed by atoms with Crippen molar-refractivity contribution >= 4 is 35.4 Å². The quantitative estimate of drug-likeness (QED) is 0.502. The molecule has 3 N–H and O–H groups in total. The molecule has 0 atom stereocenters. The van der Waals surface area contributed by atoms with Crippen LogP contribution in [0.25, 0.3) is 6.58 Å². The lowest BCUT2D eigenvalue weighted by molar-refractivity contribution is -0.137. The third-order valence-corrected chi connectivity index (χ3v) is 6.51. The Balaban J connectivity index is 1.63. The van der Waals surface area contributed by atoms with E-state index in [1.54, 1.807) is 0 Å². The number of carbonyl (C=O) groups is 1. The molecule has 0 radical (unpaired) electrons.